The summed E-state index contributed by atoms with van der Waals surface area (Å²) < 4.78 is 30.7. The van der Waals surface area contributed by atoms with E-state index in [0.717, 1.165) is 37.1 Å². The summed E-state index contributed by atoms with van der Waals surface area (Å²) in [6.45, 7) is 1.88. The van der Waals surface area contributed by atoms with E-state index in [4.69, 9.17) is 17.3 Å². The van der Waals surface area contributed by atoms with E-state index < -0.39 is 5.82 Å². The molecule has 1 aliphatic rings. The zero-order valence-corrected chi connectivity index (χ0v) is 19.0. The number of aromatic nitrogens is 6. The summed E-state index contributed by atoms with van der Waals surface area (Å²) in [4.78, 5) is 6.47. The van der Waals surface area contributed by atoms with Gasteiger partial charge in [-0.25, -0.2) is 13.8 Å². The van der Waals surface area contributed by atoms with Crippen molar-refractivity contribution in [3.05, 3.63) is 60.0 Å². The average Bonchev–Trinajstić information content (AvgIpc) is 3.52. The Morgan fingerprint density at radius 2 is 1.97 bits per heavy atom. The maximum absolute atomic E-state index is 14.7. The van der Waals surface area contributed by atoms with Gasteiger partial charge in [0.2, 0.25) is 0 Å². The van der Waals surface area contributed by atoms with Crippen LogP contribution in [0.5, 0.6) is 0 Å². The summed E-state index contributed by atoms with van der Waals surface area (Å²) in [5, 5.41) is 12.7. The minimum absolute atomic E-state index is 0.0000562. The van der Waals surface area contributed by atoms with Gasteiger partial charge in [0.1, 0.15) is 18.8 Å². The fourth-order valence-corrected chi connectivity index (χ4v) is 4.47. The van der Waals surface area contributed by atoms with Gasteiger partial charge < -0.3 is 10.6 Å². The number of benzene rings is 1. The van der Waals surface area contributed by atoms with Gasteiger partial charge >= 0.3 is 0 Å². The van der Waals surface area contributed by atoms with Crippen molar-refractivity contribution in [2.75, 3.05) is 32.0 Å². The highest BCUT2D eigenvalue weighted by Crippen LogP contribution is 2.32. The molecule has 8 nitrogen and oxygen atoms in total. The van der Waals surface area contributed by atoms with Crippen LogP contribution in [0.2, 0.25) is 5.02 Å². The standard InChI is InChI=1S/C23H23ClF2N8/c24-19-2-1-3-20(21(19)26)33-14-29-31-23(33)18-10-15(11-28-22(18)27)16-12-30-34(13-16)17-4-7-32(8-5-17)9-6-25/h1-3,10-14,17H,4-9H2,(H2,27,28). The number of nitrogen functional groups attached to an aromatic ring is 1. The van der Waals surface area contributed by atoms with Gasteiger partial charge in [-0.3, -0.25) is 9.25 Å². The molecular formula is C23H23ClF2N8. The fraction of sp³-hybridized carbons (Fsp3) is 0.304. The molecule has 0 spiro atoms. The molecule has 0 amide bonds. The fourth-order valence-electron chi connectivity index (χ4n) is 4.30. The van der Waals surface area contributed by atoms with Crippen molar-refractivity contribution in [2.24, 2.45) is 0 Å². The third-order valence-electron chi connectivity index (χ3n) is 6.16. The Kier molecular flexibility index (Phi) is 6.25. The average molecular weight is 485 g/mol. The first-order valence-electron chi connectivity index (χ1n) is 11.0. The highest BCUT2D eigenvalue weighted by atomic mass is 35.5. The van der Waals surface area contributed by atoms with Crippen LogP contribution in [0.3, 0.4) is 0 Å². The Balaban J connectivity index is 1.44. The Labute approximate surface area is 200 Å². The number of hydrogen-bond donors (Lipinski definition) is 1. The molecule has 4 aromatic rings. The van der Waals surface area contributed by atoms with Crippen LogP contribution in [-0.4, -0.2) is 60.7 Å². The van der Waals surface area contributed by atoms with Gasteiger partial charge in [0, 0.05) is 43.2 Å². The number of likely N-dealkylation sites (tertiary alicyclic amines) is 1. The molecule has 0 bridgehead atoms. The Morgan fingerprint density at radius 1 is 1.15 bits per heavy atom. The van der Waals surface area contributed by atoms with Crippen LogP contribution in [0.15, 0.2) is 49.2 Å². The maximum Gasteiger partial charge on any atom is 0.172 e. The molecule has 1 aliphatic heterocycles. The number of halogens is 3. The summed E-state index contributed by atoms with van der Waals surface area (Å²) in [6.07, 6.45) is 8.68. The molecule has 0 aliphatic carbocycles. The summed E-state index contributed by atoms with van der Waals surface area (Å²) in [5.74, 6) is 0.0143. The molecule has 0 unspecified atom stereocenters. The number of anilines is 1. The van der Waals surface area contributed by atoms with Crippen LogP contribution < -0.4 is 5.73 Å². The number of nitrogens with two attached hydrogens (primary N) is 1. The maximum atomic E-state index is 14.7. The first-order chi connectivity index (χ1) is 16.5. The van der Waals surface area contributed by atoms with Crippen LogP contribution in [0.25, 0.3) is 28.2 Å². The SMILES string of the molecule is Nc1ncc(-c2cnn(C3CCN(CCF)CC3)c2)cc1-c1nncn1-c1cccc(Cl)c1F. The third kappa shape index (κ3) is 4.26. The van der Waals surface area contributed by atoms with Gasteiger partial charge in [-0.2, -0.15) is 5.10 Å². The number of rotatable bonds is 6. The minimum Gasteiger partial charge on any atom is -0.383 e. The number of alkyl halides is 1. The summed E-state index contributed by atoms with van der Waals surface area (Å²) in [6, 6.07) is 6.82. The molecule has 11 heteroatoms. The number of pyridine rings is 1. The quantitative estimate of drug-likeness (QED) is 0.441. The lowest BCUT2D eigenvalue weighted by atomic mass is 10.1. The van der Waals surface area contributed by atoms with E-state index in [1.54, 1.807) is 24.5 Å². The smallest absolute Gasteiger partial charge is 0.172 e. The molecule has 0 atom stereocenters. The van der Waals surface area contributed by atoms with Crippen LogP contribution in [0.1, 0.15) is 18.9 Å². The lowest BCUT2D eigenvalue weighted by Gasteiger charge is -2.31. The molecule has 0 radical (unpaired) electrons. The van der Waals surface area contributed by atoms with Gasteiger partial charge in [-0.15, -0.1) is 10.2 Å². The predicted octanol–water partition coefficient (Wildman–Crippen LogP) is 4.17. The summed E-state index contributed by atoms with van der Waals surface area (Å²) in [5.41, 5.74) is 8.57. The molecule has 0 saturated carbocycles. The Morgan fingerprint density at radius 3 is 2.76 bits per heavy atom. The van der Waals surface area contributed by atoms with Crippen molar-refractivity contribution in [2.45, 2.75) is 18.9 Å². The van der Waals surface area contributed by atoms with E-state index in [-0.39, 0.29) is 29.2 Å². The molecule has 1 fully saturated rings. The zero-order chi connectivity index (χ0) is 23.7. The number of nitrogens with zero attached hydrogens (tertiary/aromatic N) is 7. The molecule has 3 aromatic heterocycles. The molecular weight excluding hydrogens is 462 g/mol. The van der Waals surface area contributed by atoms with Crippen molar-refractivity contribution in [3.63, 3.8) is 0 Å². The topological polar surface area (TPSA) is 90.7 Å². The predicted molar refractivity (Wildman–Crippen MR) is 126 cm³/mol. The lowest BCUT2D eigenvalue weighted by Crippen LogP contribution is -2.36. The summed E-state index contributed by atoms with van der Waals surface area (Å²) >= 11 is 5.96. The van der Waals surface area contributed by atoms with Crippen molar-refractivity contribution in [1.29, 1.82) is 0 Å². The van der Waals surface area contributed by atoms with Gasteiger partial charge in [0.05, 0.1) is 28.5 Å². The van der Waals surface area contributed by atoms with Crippen molar-refractivity contribution in [3.8, 4) is 28.2 Å². The van der Waals surface area contributed by atoms with Gasteiger partial charge in [0.15, 0.2) is 11.6 Å². The zero-order valence-electron chi connectivity index (χ0n) is 18.3. The van der Waals surface area contributed by atoms with Crippen molar-refractivity contribution < 1.29 is 8.78 Å². The largest absolute Gasteiger partial charge is 0.383 e. The van der Waals surface area contributed by atoms with E-state index in [0.29, 0.717) is 17.9 Å². The van der Waals surface area contributed by atoms with Gasteiger partial charge in [0.25, 0.3) is 0 Å². The molecule has 176 valence electrons. The van der Waals surface area contributed by atoms with Crippen LogP contribution >= 0.6 is 11.6 Å². The monoisotopic (exact) mass is 484 g/mol. The van der Waals surface area contributed by atoms with Gasteiger partial charge in [-0.05, 0) is 31.0 Å². The summed E-state index contributed by atoms with van der Waals surface area (Å²) in [7, 11) is 0. The number of piperidine rings is 1. The third-order valence-corrected chi connectivity index (χ3v) is 6.46. The highest BCUT2D eigenvalue weighted by Gasteiger charge is 2.22. The second-order valence-electron chi connectivity index (χ2n) is 8.23. The highest BCUT2D eigenvalue weighted by molar-refractivity contribution is 6.30. The van der Waals surface area contributed by atoms with Crippen molar-refractivity contribution in [1.82, 2.24) is 34.4 Å². The Bertz CT molecular complexity index is 1300. The van der Waals surface area contributed by atoms with E-state index in [2.05, 4.69) is 25.2 Å². The van der Waals surface area contributed by atoms with E-state index in [1.807, 2.05) is 16.9 Å². The molecule has 1 saturated heterocycles. The normalized spacial score (nSPS) is 15.1. The van der Waals surface area contributed by atoms with Gasteiger partial charge in [-0.1, -0.05) is 17.7 Å². The number of hydrogen-bond acceptors (Lipinski definition) is 6. The van der Waals surface area contributed by atoms with E-state index in [1.165, 1.54) is 17.0 Å². The Hall–Kier alpha value is -3.37. The molecule has 2 N–H and O–H groups in total. The molecule has 4 heterocycles. The van der Waals surface area contributed by atoms with E-state index >= 15 is 0 Å². The molecule has 34 heavy (non-hydrogen) atoms. The second kappa shape index (κ2) is 9.47. The van der Waals surface area contributed by atoms with Crippen LogP contribution in [0.4, 0.5) is 14.6 Å². The first-order valence-corrected chi connectivity index (χ1v) is 11.4. The molecule has 1 aromatic carbocycles. The first kappa shape index (κ1) is 22.4. The minimum atomic E-state index is -0.577. The van der Waals surface area contributed by atoms with Crippen LogP contribution in [-0.2, 0) is 0 Å². The molecule has 5 rings (SSSR count). The second-order valence-corrected chi connectivity index (χ2v) is 8.63. The van der Waals surface area contributed by atoms with E-state index in [9.17, 15) is 8.78 Å². The van der Waals surface area contributed by atoms with Crippen molar-refractivity contribution >= 4 is 17.4 Å². The lowest BCUT2D eigenvalue weighted by molar-refractivity contribution is 0.169. The van der Waals surface area contributed by atoms with Crippen LogP contribution in [0, 0.1) is 5.82 Å².